The van der Waals surface area contributed by atoms with Crippen molar-refractivity contribution in [2.24, 2.45) is 12.8 Å². The van der Waals surface area contributed by atoms with Gasteiger partial charge in [-0.1, -0.05) is 18.1 Å². The molecule has 1 amide bonds. The summed E-state index contributed by atoms with van der Waals surface area (Å²) >= 11 is 0. The number of para-hydroxylation sites is 1. The lowest BCUT2D eigenvalue weighted by molar-refractivity contribution is -0.118. The number of rotatable bonds is 8. The molecule has 4 aromatic rings. The van der Waals surface area contributed by atoms with Crippen LogP contribution in [-0.4, -0.2) is 46.1 Å². The highest BCUT2D eigenvalue weighted by atomic mass is 32.2. The van der Waals surface area contributed by atoms with Gasteiger partial charge >= 0.3 is 0 Å². The molecule has 0 unspecified atom stereocenters. The lowest BCUT2D eigenvalue weighted by Crippen LogP contribution is -2.21. The Morgan fingerprint density at radius 3 is 2.49 bits per heavy atom. The molecular formula is C31H31F2N5O4S. The van der Waals surface area contributed by atoms with E-state index in [0.717, 1.165) is 25.2 Å². The van der Waals surface area contributed by atoms with E-state index >= 15 is 0 Å². The summed E-state index contributed by atoms with van der Waals surface area (Å²) in [6.07, 6.45) is 3.77. The Morgan fingerprint density at radius 1 is 1.14 bits per heavy atom. The van der Waals surface area contributed by atoms with E-state index in [2.05, 4.69) is 21.7 Å². The fourth-order valence-corrected chi connectivity index (χ4v) is 6.18. The van der Waals surface area contributed by atoms with Crippen molar-refractivity contribution in [2.75, 3.05) is 11.0 Å². The first kappa shape index (κ1) is 30.1. The van der Waals surface area contributed by atoms with E-state index < -0.39 is 39.1 Å². The molecule has 5 rings (SSSR count). The van der Waals surface area contributed by atoms with E-state index in [0.29, 0.717) is 51.8 Å². The number of carbonyl (C=O) groups is 1. The largest absolute Gasteiger partial charge is 0.378 e. The van der Waals surface area contributed by atoms with Gasteiger partial charge in [0.05, 0.1) is 17.5 Å². The normalized spacial score (nSPS) is 15.2. The number of aryl methyl sites for hydroxylation is 1. The maximum Gasteiger partial charge on any atom is 0.231 e. The predicted molar refractivity (Wildman–Crippen MR) is 159 cm³/mol. The molecule has 0 spiro atoms. The zero-order valence-electron chi connectivity index (χ0n) is 23.7. The predicted octanol–water partition coefficient (Wildman–Crippen LogP) is 4.14. The molecule has 1 fully saturated rings. The first-order valence-electron chi connectivity index (χ1n) is 13.7. The molecule has 1 aliphatic carbocycles. The highest BCUT2D eigenvalue weighted by Crippen LogP contribution is 2.38. The number of nitrogens with zero attached hydrogens (tertiary/aromatic N) is 3. The molecule has 0 saturated heterocycles. The Labute approximate surface area is 248 Å². The third kappa shape index (κ3) is 7.01. The maximum absolute atomic E-state index is 14.1. The van der Waals surface area contributed by atoms with Crippen molar-refractivity contribution in [3.05, 3.63) is 77.1 Å². The van der Waals surface area contributed by atoms with Crippen LogP contribution in [0, 0.1) is 23.5 Å². The number of halogens is 2. The van der Waals surface area contributed by atoms with Crippen molar-refractivity contribution >= 4 is 32.7 Å². The molecule has 0 bridgehead atoms. The van der Waals surface area contributed by atoms with Crippen molar-refractivity contribution in [1.82, 2.24) is 14.8 Å². The van der Waals surface area contributed by atoms with Crippen molar-refractivity contribution in [3.8, 4) is 23.0 Å². The van der Waals surface area contributed by atoms with Gasteiger partial charge in [-0.15, -0.1) is 0 Å². The van der Waals surface area contributed by atoms with Crippen LogP contribution in [0.1, 0.15) is 55.0 Å². The molecule has 2 aromatic heterocycles. The van der Waals surface area contributed by atoms with Gasteiger partial charge in [0.2, 0.25) is 15.9 Å². The summed E-state index contributed by atoms with van der Waals surface area (Å²) in [7, 11) is -1.95. The molecule has 2 aromatic carbocycles. The number of aliphatic hydroxyl groups is 1. The van der Waals surface area contributed by atoms with Crippen LogP contribution in [0.4, 0.5) is 14.6 Å². The summed E-state index contributed by atoms with van der Waals surface area (Å²) in [5, 5.41) is 15.7. The van der Waals surface area contributed by atoms with Gasteiger partial charge in [0.1, 0.15) is 22.9 Å². The molecule has 1 saturated carbocycles. The van der Waals surface area contributed by atoms with Crippen molar-refractivity contribution in [2.45, 2.75) is 50.0 Å². The molecule has 0 aliphatic heterocycles. The fraction of sp³-hybridized carbons (Fsp3) is 0.323. The minimum absolute atomic E-state index is 0.0423. The Hall–Kier alpha value is -4.34. The second-order valence-corrected chi connectivity index (χ2v) is 12.8. The zero-order valence-corrected chi connectivity index (χ0v) is 24.5. The van der Waals surface area contributed by atoms with Crippen LogP contribution in [0.2, 0.25) is 0 Å². The van der Waals surface area contributed by atoms with Gasteiger partial charge in [0, 0.05) is 42.0 Å². The van der Waals surface area contributed by atoms with Crippen LogP contribution in [0.3, 0.4) is 0 Å². The number of pyridine rings is 1. The number of amides is 1. The SMILES string of the molecule is Cn1nc(NS(C)(=O)=O)c2cccc(-c3ccc(C#CC4(O)CCCC4)nc3[C@H](CC(N)=O)Cc3cc(F)cc(F)c3)c21. The summed E-state index contributed by atoms with van der Waals surface area (Å²) in [5.74, 6) is 3.21. The number of hydrogen-bond donors (Lipinski definition) is 3. The monoisotopic (exact) mass is 607 g/mol. The number of nitrogens with one attached hydrogen (secondary N) is 1. The topological polar surface area (TPSA) is 140 Å². The van der Waals surface area contributed by atoms with E-state index in [1.807, 2.05) is 6.07 Å². The van der Waals surface area contributed by atoms with Crippen LogP contribution in [0.25, 0.3) is 22.0 Å². The van der Waals surface area contributed by atoms with E-state index in [1.54, 1.807) is 31.3 Å². The molecule has 224 valence electrons. The van der Waals surface area contributed by atoms with Crippen LogP contribution < -0.4 is 10.5 Å². The van der Waals surface area contributed by atoms with E-state index in [-0.39, 0.29) is 18.7 Å². The number of benzene rings is 2. The molecule has 0 radical (unpaired) electrons. The van der Waals surface area contributed by atoms with Gasteiger partial charge in [-0.2, -0.15) is 5.10 Å². The average Bonchev–Trinajstić information content (AvgIpc) is 3.48. The van der Waals surface area contributed by atoms with Crippen LogP contribution in [0.15, 0.2) is 48.5 Å². The molecule has 9 nitrogen and oxygen atoms in total. The Morgan fingerprint density at radius 2 is 1.84 bits per heavy atom. The summed E-state index contributed by atoms with van der Waals surface area (Å²) in [6, 6.07) is 11.9. The van der Waals surface area contributed by atoms with Gasteiger partial charge in [0.25, 0.3) is 0 Å². The quantitative estimate of drug-likeness (QED) is 0.257. The summed E-state index contributed by atoms with van der Waals surface area (Å²) in [5.41, 5.74) is 7.40. The van der Waals surface area contributed by atoms with Crippen LogP contribution in [0.5, 0.6) is 0 Å². The molecule has 2 heterocycles. The summed E-state index contributed by atoms with van der Waals surface area (Å²) in [6.45, 7) is 0. The fourth-order valence-electron chi connectivity index (χ4n) is 5.68. The summed E-state index contributed by atoms with van der Waals surface area (Å²) < 4.78 is 56.2. The van der Waals surface area contributed by atoms with Crippen LogP contribution in [-0.2, 0) is 28.3 Å². The van der Waals surface area contributed by atoms with Crippen LogP contribution >= 0.6 is 0 Å². The molecule has 4 N–H and O–H groups in total. The number of anilines is 1. The standard InChI is InChI=1S/C31H31F2N5O4S/c1-38-29-25(6-5-7-26(29)30(36-38)37-43(2,41)42)24-9-8-23(10-13-31(40)11-3-4-12-31)35-28(24)20(17-27(34)39)14-19-15-21(32)18-22(33)16-19/h5-9,15-16,18,20,40H,3-4,11-12,14,17H2,1-2H3,(H2,34,39)(H,36,37)/t20-/m0/s1. The zero-order chi connectivity index (χ0) is 30.9. The first-order valence-corrected chi connectivity index (χ1v) is 15.6. The Balaban J connectivity index is 1.70. The van der Waals surface area contributed by atoms with Gasteiger partial charge < -0.3 is 10.8 Å². The van der Waals surface area contributed by atoms with Crippen molar-refractivity contribution in [1.29, 1.82) is 0 Å². The second-order valence-electron chi connectivity index (χ2n) is 11.0. The van der Waals surface area contributed by atoms with Gasteiger partial charge in [-0.05, 0) is 73.9 Å². The lowest BCUT2D eigenvalue weighted by Gasteiger charge is -2.20. The number of fused-ring (bicyclic) bond motifs is 1. The summed E-state index contributed by atoms with van der Waals surface area (Å²) in [4.78, 5) is 17.1. The highest BCUT2D eigenvalue weighted by molar-refractivity contribution is 7.92. The number of carbonyl (C=O) groups excluding carboxylic acids is 1. The number of hydrogen-bond acceptors (Lipinski definition) is 6. The maximum atomic E-state index is 14.1. The first-order chi connectivity index (χ1) is 20.3. The average molecular weight is 608 g/mol. The molecule has 43 heavy (non-hydrogen) atoms. The molecular weight excluding hydrogens is 576 g/mol. The third-order valence-electron chi connectivity index (χ3n) is 7.45. The van der Waals surface area contributed by atoms with Gasteiger partial charge in [-0.25, -0.2) is 22.2 Å². The van der Waals surface area contributed by atoms with Crippen molar-refractivity contribution in [3.63, 3.8) is 0 Å². The van der Waals surface area contributed by atoms with E-state index in [1.165, 1.54) is 16.8 Å². The molecule has 12 heteroatoms. The third-order valence-corrected chi connectivity index (χ3v) is 8.02. The number of primary amides is 1. The lowest BCUT2D eigenvalue weighted by atomic mass is 9.87. The van der Waals surface area contributed by atoms with E-state index in [9.17, 15) is 27.1 Å². The smallest absolute Gasteiger partial charge is 0.231 e. The number of aromatic nitrogens is 3. The van der Waals surface area contributed by atoms with Gasteiger partial charge in [0.15, 0.2) is 5.82 Å². The Kier molecular flexibility index (Phi) is 8.23. The van der Waals surface area contributed by atoms with Gasteiger partial charge in [-0.3, -0.25) is 14.2 Å². The minimum atomic E-state index is -3.62. The van der Waals surface area contributed by atoms with Crippen molar-refractivity contribution < 1.29 is 27.1 Å². The second kappa shape index (κ2) is 11.7. The molecule has 1 aliphatic rings. The minimum Gasteiger partial charge on any atom is -0.378 e. The number of nitrogens with two attached hydrogens (primary N) is 1. The molecule has 1 atom stereocenters. The highest BCUT2D eigenvalue weighted by Gasteiger charge is 2.29. The Bertz CT molecular complexity index is 1870. The van der Waals surface area contributed by atoms with E-state index in [4.69, 9.17) is 10.7 Å². The number of sulfonamides is 1.